The van der Waals surface area contributed by atoms with Gasteiger partial charge in [0.2, 0.25) is 5.41 Å². The molecule has 5 aliphatic rings. The van der Waals surface area contributed by atoms with Crippen LogP contribution in [0.25, 0.3) is 28.6 Å². The van der Waals surface area contributed by atoms with Crippen LogP contribution in [0.5, 0.6) is 0 Å². The zero-order chi connectivity index (χ0) is 41.6. The Bertz CT molecular complexity index is 2680. The molecular weight excluding hydrogens is 849 g/mol. The Balaban J connectivity index is 1.08. The van der Waals surface area contributed by atoms with Crippen molar-refractivity contribution in [2.24, 2.45) is 33.7 Å². The number of rotatable bonds is 8. The van der Waals surface area contributed by atoms with Gasteiger partial charge in [-0.1, -0.05) is 86.3 Å². The van der Waals surface area contributed by atoms with Gasteiger partial charge in [-0.25, -0.2) is 9.98 Å². The standard InChI is InChI=1S/C47H36N2O8S4/c50-37-25-15-7-8-16-26(25)38(51)35(37)48-31-19-29-41(60-31)33-43(58-29)44-34(42-30(59-44)20-32(61-42)49-36-39(52)27-17-9-10-18-28(27)40(36)53)47(33,45(54)56-21-23-11-3-1-4-12-23)46(55)57-22-24-13-5-2-6-14-24/h1-6,11-14,19-20,25-28H,7-10,15-18,21-22H2. The van der Waals surface area contributed by atoms with Crippen molar-refractivity contribution >= 4 is 121 Å². The lowest BCUT2D eigenvalue weighted by Gasteiger charge is -2.27. The van der Waals surface area contributed by atoms with Crippen LogP contribution in [-0.2, 0) is 56.9 Å². The van der Waals surface area contributed by atoms with Gasteiger partial charge in [0.25, 0.3) is 0 Å². The van der Waals surface area contributed by atoms with E-state index in [9.17, 15) is 19.2 Å². The Morgan fingerprint density at radius 1 is 0.541 bits per heavy atom. The summed E-state index contributed by atoms with van der Waals surface area (Å²) >= 11 is 5.28. The highest BCUT2D eigenvalue weighted by atomic mass is 32.1. The minimum Gasteiger partial charge on any atom is -0.459 e. The number of aliphatic imine (C=N–C) groups is 2. The molecule has 0 amide bonds. The third-order valence-electron chi connectivity index (χ3n) is 13.0. The minimum atomic E-state index is -2.10. The number of esters is 2. The first kappa shape index (κ1) is 38.6. The first-order valence-electron chi connectivity index (χ1n) is 20.6. The second kappa shape index (κ2) is 15.0. The smallest absolute Gasteiger partial charge is 0.333 e. The molecule has 11 rings (SSSR count). The number of carbonyl (C=O) groups excluding carboxylic acids is 6. The van der Waals surface area contributed by atoms with E-state index in [0.29, 0.717) is 66.0 Å². The normalized spacial score (nSPS) is 22.7. The number of nitrogens with zero attached hydrogens (tertiary/aromatic N) is 2. The lowest BCUT2D eigenvalue weighted by molar-refractivity contribution is -0.164. The van der Waals surface area contributed by atoms with Crippen molar-refractivity contribution in [1.82, 2.24) is 0 Å². The molecule has 2 aromatic carbocycles. The summed E-state index contributed by atoms with van der Waals surface area (Å²) in [6.07, 6.45) is 6.36. The molecule has 0 radical (unpaired) electrons. The summed E-state index contributed by atoms with van der Waals surface area (Å²) in [7, 11) is 0. The van der Waals surface area contributed by atoms with Crippen molar-refractivity contribution in [2.75, 3.05) is 0 Å². The molecule has 306 valence electrons. The maximum Gasteiger partial charge on any atom is 0.333 e. The first-order chi connectivity index (χ1) is 29.7. The SMILES string of the molecule is O=C1C(=Nc2cc3sc4c(c3s2)C(C(=O)OCc2ccccc2)(C(=O)OCc2ccccc2)c2c-4sc3cc(N=C4C(=O)C5CCCCC5C4=O)sc23)C(=O)C2CCCCC12. The highest BCUT2D eigenvalue weighted by Crippen LogP contribution is 2.64. The quantitative estimate of drug-likeness (QED) is 0.108. The van der Waals surface area contributed by atoms with Crippen LogP contribution in [-0.4, -0.2) is 46.5 Å². The lowest BCUT2D eigenvalue weighted by Crippen LogP contribution is -2.45. The van der Waals surface area contributed by atoms with Gasteiger partial charge in [-0.15, -0.1) is 45.3 Å². The molecule has 4 unspecified atom stereocenters. The van der Waals surface area contributed by atoms with Crippen molar-refractivity contribution < 1.29 is 38.2 Å². The molecule has 61 heavy (non-hydrogen) atoms. The highest BCUT2D eigenvalue weighted by molar-refractivity contribution is 7.36. The van der Waals surface area contributed by atoms with Gasteiger partial charge in [0.15, 0.2) is 34.6 Å². The van der Waals surface area contributed by atoms with Crippen molar-refractivity contribution in [3.05, 3.63) is 95.1 Å². The molecule has 0 spiro atoms. The second-order valence-corrected chi connectivity index (χ2v) is 20.6. The van der Waals surface area contributed by atoms with Crippen LogP contribution in [0.4, 0.5) is 10.0 Å². The van der Waals surface area contributed by atoms with Gasteiger partial charge >= 0.3 is 11.9 Å². The van der Waals surface area contributed by atoms with Crippen LogP contribution in [0.15, 0.2) is 82.8 Å². The van der Waals surface area contributed by atoms with Crippen LogP contribution < -0.4 is 0 Å². The molecule has 5 aliphatic carbocycles. The zero-order valence-corrected chi connectivity index (χ0v) is 35.9. The van der Waals surface area contributed by atoms with E-state index in [1.54, 1.807) is 0 Å². The van der Waals surface area contributed by atoms with Crippen molar-refractivity contribution in [1.29, 1.82) is 0 Å². The van der Waals surface area contributed by atoms with E-state index in [2.05, 4.69) is 0 Å². The summed E-state index contributed by atoms with van der Waals surface area (Å²) in [5.74, 6) is -3.77. The maximum absolute atomic E-state index is 15.3. The molecule has 0 aliphatic heterocycles. The van der Waals surface area contributed by atoms with Gasteiger partial charge in [0.1, 0.15) is 23.2 Å². The third-order valence-corrected chi connectivity index (χ3v) is 17.7. The first-order valence-corrected chi connectivity index (χ1v) is 23.9. The summed E-state index contributed by atoms with van der Waals surface area (Å²) in [6, 6.07) is 22.1. The van der Waals surface area contributed by atoms with E-state index in [0.717, 1.165) is 46.2 Å². The van der Waals surface area contributed by atoms with E-state index < -0.39 is 17.4 Å². The van der Waals surface area contributed by atoms with Crippen LogP contribution in [0.1, 0.15) is 73.6 Å². The molecular formula is C47H36N2O8S4. The number of ketones is 4. The largest absolute Gasteiger partial charge is 0.459 e. The van der Waals surface area contributed by atoms with Crippen LogP contribution in [0.3, 0.4) is 0 Å². The molecule has 4 heterocycles. The maximum atomic E-state index is 15.3. The van der Waals surface area contributed by atoms with Crippen LogP contribution >= 0.6 is 45.3 Å². The van der Waals surface area contributed by atoms with E-state index >= 15 is 9.59 Å². The number of ether oxygens (including phenoxy) is 2. The number of hydrogen-bond donors (Lipinski definition) is 0. The molecule has 0 N–H and O–H groups in total. The third kappa shape index (κ3) is 6.04. The van der Waals surface area contributed by atoms with Gasteiger partial charge in [0, 0.05) is 44.2 Å². The molecule has 6 aromatic rings. The van der Waals surface area contributed by atoms with Crippen molar-refractivity contribution in [2.45, 2.75) is 70.0 Å². The van der Waals surface area contributed by atoms with Gasteiger partial charge in [0.05, 0.1) is 19.2 Å². The van der Waals surface area contributed by atoms with Crippen molar-refractivity contribution in [3.8, 4) is 9.75 Å². The summed E-state index contributed by atoms with van der Waals surface area (Å²) in [4.78, 5) is 95.4. The van der Waals surface area contributed by atoms with Gasteiger partial charge in [-0.3, -0.25) is 28.8 Å². The average Bonchev–Trinajstić information content (AvgIpc) is 4.14. The monoisotopic (exact) mass is 884 g/mol. The summed E-state index contributed by atoms with van der Waals surface area (Å²) in [5, 5.41) is 0.870. The van der Waals surface area contributed by atoms with E-state index in [1.807, 2.05) is 72.8 Å². The van der Waals surface area contributed by atoms with E-state index in [1.165, 1.54) is 45.3 Å². The second-order valence-electron chi connectivity index (χ2n) is 16.4. The molecule has 0 saturated heterocycles. The van der Waals surface area contributed by atoms with Crippen LogP contribution in [0.2, 0.25) is 0 Å². The molecule has 0 bridgehead atoms. The van der Waals surface area contributed by atoms with Gasteiger partial charge in [-0.05, 0) is 48.9 Å². The summed E-state index contributed by atoms with van der Waals surface area (Å²) in [5.41, 5.74) is 0.163. The Hall–Kier alpha value is -5.28. The zero-order valence-electron chi connectivity index (χ0n) is 32.6. The molecule has 10 nitrogen and oxygen atoms in total. The molecule has 4 aromatic heterocycles. The van der Waals surface area contributed by atoms with Crippen molar-refractivity contribution in [3.63, 3.8) is 0 Å². The van der Waals surface area contributed by atoms with E-state index in [4.69, 9.17) is 19.5 Å². The predicted octanol–water partition coefficient (Wildman–Crippen LogP) is 10.1. The number of thiophene rings is 4. The predicted molar refractivity (Wildman–Crippen MR) is 237 cm³/mol. The van der Waals surface area contributed by atoms with Crippen LogP contribution in [0, 0.1) is 23.7 Å². The fourth-order valence-corrected chi connectivity index (χ4v) is 15.4. The molecule has 4 atom stereocenters. The Morgan fingerprint density at radius 2 is 0.902 bits per heavy atom. The lowest BCUT2D eigenvalue weighted by atomic mass is 9.79. The highest BCUT2D eigenvalue weighted by Gasteiger charge is 2.62. The summed E-state index contributed by atoms with van der Waals surface area (Å²) in [6.45, 7) is -0.213. The number of fused-ring (bicyclic) bond motifs is 9. The average molecular weight is 885 g/mol. The number of benzene rings is 2. The van der Waals surface area contributed by atoms with E-state index in [-0.39, 0.29) is 71.4 Å². The Kier molecular flexibility index (Phi) is 9.48. The number of carbonyl (C=O) groups is 6. The topological polar surface area (TPSA) is 146 Å². The molecule has 4 fully saturated rings. The number of Topliss-reactive ketones (excluding diaryl/α,β-unsaturated/α-hetero) is 4. The summed E-state index contributed by atoms with van der Waals surface area (Å²) < 4.78 is 15.1. The number of hydrogen-bond acceptors (Lipinski definition) is 14. The molecule has 4 saturated carbocycles. The fourth-order valence-electron chi connectivity index (χ4n) is 10.0. The fraction of sp³-hybridized carbons (Fsp3) is 0.319. The Labute approximate surface area is 365 Å². The minimum absolute atomic E-state index is 0.0229. The Morgan fingerprint density at radius 3 is 1.26 bits per heavy atom. The van der Waals surface area contributed by atoms with Gasteiger partial charge in [-0.2, -0.15) is 0 Å². The van der Waals surface area contributed by atoms with Gasteiger partial charge < -0.3 is 9.47 Å². The molecule has 14 heteroatoms.